The van der Waals surface area contributed by atoms with Crippen LogP contribution in [0, 0.1) is 52.3 Å². The molecule has 3 N–H and O–H groups in total. The molecule has 4 aliphatic rings. The zero-order chi connectivity index (χ0) is 34.1. The number of carbonyl (C=O) groups is 1. The molecule has 5 unspecified atom stereocenters. The summed E-state index contributed by atoms with van der Waals surface area (Å²) >= 11 is 6.05. The minimum absolute atomic E-state index is 0.0820. The Kier molecular flexibility index (Phi) is 12.0. The predicted octanol–water partition coefficient (Wildman–Crippen LogP) is 8.08. The molecule has 1 aromatic carbocycles. The molecule has 0 aromatic heterocycles. The van der Waals surface area contributed by atoms with Crippen LogP contribution in [0.15, 0.2) is 24.3 Å². The summed E-state index contributed by atoms with van der Waals surface area (Å²) in [6.07, 6.45) is 8.42. The van der Waals surface area contributed by atoms with Crippen molar-refractivity contribution >= 4 is 25.1 Å². The fraction of sp³-hybridized carbons (Fsp3) is 0.811. The quantitative estimate of drug-likeness (QED) is 0.168. The van der Waals surface area contributed by atoms with E-state index < -0.39 is 13.8 Å². The Morgan fingerprint density at radius 1 is 1.02 bits per heavy atom. The van der Waals surface area contributed by atoms with Crippen molar-refractivity contribution < 1.29 is 33.4 Å². The van der Waals surface area contributed by atoms with E-state index >= 15 is 0 Å². The van der Waals surface area contributed by atoms with Gasteiger partial charge in [0.25, 0.3) is 0 Å². The van der Waals surface area contributed by atoms with Crippen molar-refractivity contribution in [2.75, 3.05) is 19.8 Å². The second-order valence-corrected chi connectivity index (χ2v) is 17.8. The molecule has 13 atom stereocenters. The van der Waals surface area contributed by atoms with Crippen molar-refractivity contribution in [3.8, 4) is 5.75 Å². The first-order chi connectivity index (χ1) is 22.3. The van der Waals surface area contributed by atoms with Crippen LogP contribution in [0.4, 0.5) is 0 Å². The van der Waals surface area contributed by atoms with Gasteiger partial charge in [-0.2, -0.15) is 0 Å². The average Bonchev–Trinajstić information content (AvgIpc) is 3.39. The Morgan fingerprint density at radius 2 is 1.70 bits per heavy atom. The van der Waals surface area contributed by atoms with Gasteiger partial charge in [-0.15, -0.1) is 0 Å². The highest BCUT2D eigenvalue weighted by Gasteiger charge is 2.64. The number of rotatable bonds is 14. The van der Waals surface area contributed by atoms with Crippen LogP contribution in [-0.2, 0) is 18.6 Å². The molecule has 10 heteroatoms. The third-order valence-corrected chi connectivity index (χ3v) is 15.2. The lowest BCUT2D eigenvalue weighted by molar-refractivity contribution is -0.203. The number of aliphatic hydroxyl groups excluding tert-OH is 2. The summed E-state index contributed by atoms with van der Waals surface area (Å²) in [6.45, 7) is 13.5. The van der Waals surface area contributed by atoms with Gasteiger partial charge in [0.1, 0.15) is 12.4 Å². The third-order valence-electron chi connectivity index (χ3n) is 13.3. The zero-order valence-corrected chi connectivity index (χ0v) is 31.0. The van der Waals surface area contributed by atoms with Crippen molar-refractivity contribution in [3.05, 3.63) is 29.3 Å². The minimum Gasteiger partial charge on any atom is -0.413 e. The topological polar surface area (TPSA) is 114 Å². The van der Waals surface area contributed by atoms with Gasteiger partial charge in [0.05, 0.1) is 24.9 Å². The lowest BCUT2D eigenvalue weighted by Gasteiger charge is -2.64. The van der Waals surface area contributed by atoms with Gasteiger partial charge in [-0.3, -0.25) is 9.32 Å². The lowest BCUT2D eigenvalue weighted by atomic mass is 9.41. The Balaban J connectivity index is 1.26. The van der Waals surface area contributed by atoms with E-state index in [1.807, 2.05) is 6.92 Å². The van der Waals surface area contributed by atoms with E-state index in [1.54, 1.807) is 31.2 Å². The van der Waals surface area contributed by atoms with E-state index in [4.69, 9.17) is 25.4 Å². The number of carbonyl (C=O) groups excluding carboxylic acids is 1. The number of hydrogen-bond donors (Lipinski definition) is 3. The highest BCUT2D eigenvalue weighted by molar-refractivity contribution is 7.52. The summed E-state index contributed by atoms with van der Waals surface area (Å²) in [5.41, 5.74) is 0.307. The third kappa shape index (κ3) is 7.55. The van der Waals surface area contributed by atoms with Crippen LogP contribution in [0.25, 0.3) is 0 Å². The molecule has 4 fully saturated rings. The number of benzene rings is 1. The van der Waals surface area contributed by atoms with Crippen LogP contribution in [-0.4, -0.2) is 54.1 Å². The maximum atomic E-state index is 14.0. The summed E-state index contributed by atoms with van der Waals surface area (Å²) in [5, 5.41) is 26.0. The monoisotopic (exact) mass is 695 g/mol. The van der Waals surface area contributed by atoms with Crippen LogP contribution >= 0.6 is 19.3 Å². The summed E-state index contributed by atoms with van der Waals surface area (Å²) in [4.78, 5) is 12.6. The van der Waals surface area contributed by atoms with E-state index in [2.05, 4.69) is 32.8 Å². The fourth-order valence-electron chi connectivity index (χ4n) is 10.9. The first-order valence-corrected chi connectivity index (χ1v) is 20.1. The van der Waals surface area contributed by atoms with E-state index in [-0.39, 0.29) is 48.0 Å². The molecule has 4 aliphatic carbocycles. The molecule has 8 nitrogen and oxygen atoms in total. The molecule has 0 aliphatic heterocycles. The number of halogens is 1. The van der Waals surface area contributed by atoms with Gasteiger partial charge in [-0.1, -0.05) is 45.7 Å². The Bertz CT molecular complexity index is 1270. The summed E-state index contributed by atoms with van der Waals surface area (Å²) < 4.78 is 31.2. The molecule has 4 saturated carbocycles. The van der Waals surface area contributed by atoms with Crippen LogP contribution in [0.2, 0.25) is 5.02 Å². The molecule has 0 bridgehead atoms. The van der Waals surface area contributed by atoms with Gasteiger partial charge in [-0.25, -0.2) is 9.65 Å². The molecule has 0 amide bonds. The second-order valence-electron chi connectivity index (χ2n) is 15.7. The Labute approximate surface area is 287 Å². The molecule has 266 valence electrons. The first-order valence-electron chi connectivity index (χ1n) is 18.2. The molecule has 47 heavy (non-hydrogen) atoms. The van der Waals surface area contributed by atoms with Crippen LogP contribution in [0.3, 0.4) is 0 Å². The van der Waals surface area contributed by atoms with Crippen LogP contribution < -0.4 is 9.61 Å². The van der Waals surface area contributed by atoms with Gasteiger partial charge < -0.3 is 19.5 Å². The minimum atomic E-state index is -3.92. The molecule has 0 spiro atoms. The normalized spacial score (nSPS) is 39.2. The summed E-state index contributed by atoms with van der Waals surface area (Å²) in [5.74, 6) is 2.81. The maximum Gasteiger partial charge on any atom is 0.459 e. The number of hydrogen-bond acceptors (Lipinski definition) is 7. The van der Waals surface area contributed by atoms with Gasteiger partial charge in [-0.05, 0) is 142 Å². The smallest absolute Gasteiger partial charge is 0.413 e. The number of fused-ring (bicyclic) bond motifs is 5. The van der Waals surface area contributed by atoms with Crippen molar-refractivity contribution in [1.29, 1.82) is 0 Å². The molecular formula is C37H59ClNO7P. The van der Waals surface area contributed by atoms with E-state index in [9.17, 15) is 19.6 Å². The second kappa shape index (κ2) is 15.1. The average molecular weight is 696 g/mol. The van der Waals surface area contributed by atoms with Crippen molar-refractivity contribution in [2.45, 2.75) is 118 Å². The summed E-state index contributed by atoms with van der Waals surface area (Å²) in [6, 6.07) is 5.79. The molecule has 1 aromatic rings. The molecule has 0 heterocycles. The van der Waals surface area contributed by atoms with Crippen LogP contribution in [0.1, 0.15) is 99.3 Å². The van der Waals surface area contributed by atoms with Crippen molar-refractivity contribution in [2.24, 2.45) is 52.3 Å². The highest BCUT2D eigenvalue weighted by atomic mass is 35.5. The van der Waals surface area contributed by atoms with Crippen molar-refractivity contribution in [3.63, 3.8) is 0 Å². The number of nitrogens with one attached hydrogen (secondary N) is 1. The van der Waals surface area contributed by atoms with E-state index in [1.165, 1.54) is 0 Å². The molecular weight excluding hydrogens is 637 g/mol. The zero-order valence-electron chi connectivity index (χ0n) is 29.3. The number of ether oxygens (including phenoxy) is 1. The van der Waals surface area contributed by atoms with Gasteiger partial charge >= 0.3 is 7.75 Å². The first kappa shape index (κ1) is 37.3. The number of aliphatic hydroxyl groups is 2. The molecule has 0 radical (unpaired) electrons. The lowest BCUT2D eigenvalue weighted by Crippen LogP contribution is -2.62. The summed E-state index contributed by atoms with van der Waals surface area (Å²) in [7, 11) is -3.92. The van der Waals surface area contributed by atoms with Crippen LogP contribution in [0.5, 0.6) is 5.75 Å². The molecule has 0 saturated heterocycles. The van der Waals surface area contributed by atoms with Gasteiger partial charge in [0, 0.05) is 11.6 Å². The SMILES string of the molecule is CCOCC(=O)[C@H](C)N[P@@](=O)(OCC[C@@H](C)[C@H]1CCC2C3C(O)[C@H](CC)C4C[C@H](O)CC[C@]4(C)C3CC[C@@]21C)Oc1ccc(Cl)cc1. The van der Waals surface area contributed by atoms with Gasteiger partial charge in [0.15, 0.2) is 5.78 Å². The van der Waals surface area contributed by atoms with E-state index in [0.717, 1.165) is 51.4 Å². The maximum absolute atomic E-state index is 14.0. The Morgan fingerprint density at radius 3 is 2.38 bits per heavy atom. The highest BCUT2D eigenvalue weighted by Crippen LogP contribution is 2.69. The molecule has 5 rings (SSSR count). The van der Waals surface area contributed by atoms with E-state index in [0.29, 0.717) is 59.3 Å². The number of ketones is 1. The fourth-order valence-corrected chi connectivity index (χ4v) is 12.5. The van der Waals surface area contributed by atoms with Crippen molar-refractivity contribution in [1.82, 2.24) is 5.09 Å². The van der Waals surface area contributed by atoms with Gasteiger partial charge in [0.2, 0.25) is 0 Å². The predicted molar refractivity (Wildman–Crippen MR) is 185 cm³/mol. The largest absolute Gasteiger partial charge is 0.459 e. The standard InChI is InChI=1S/C37H59ClNO7P/c1-7-28-32-21-26(40)15-18-37(32,6)31-16-19-36(5)29(13-14-30(36)34(31)35(28)42)23(3)17-20-45-47(43,39-24(4)33(41)22-44-8-2)46-27-11-9-25(38)10-12-27/h9-12,23-24,26,28-32,34-35,40,42H,7-8,13-22H2,1-6H3,(H,39,43)/t23-,24+,26-,28-,29-,30?,31?,32?,34?,35?,36-,37-,47-/m1/s1. The number of Topliss-reactive ketones (excluding diaryl/α,β-unsaturated/α-hetero) is 1. The Hall–Kier alpha value is -0.990.